The van der Waals surface area contributed by atoms with Gasteiger partial charge in [0.1, 0.15) is 5.60 Å². The molecule has 0 fully saturated rings. The molecule has 0 amide bonds. The lowest BCUT2D eigenvalue weighted by atomic mass is 9.85. The molecule has 1 N–H and O–H groups in total. The molecule has 3 aromatic rings. The van der Waals surface area contributed by atoms with Crippen molar-refractivity contribution in [2.45, 2.75) is 38.9 Å². The Kier molecular flexibility index (Phi) is 5.57. The molecular weight excluding hydrogens is 426 g/mol. The molecule has 0 aliphatic carbocycles. The molecule has 0 bridgehead atoms. The summed E-state index contributed by atoms with van der Waals surface area (Å²) in [6, 6.07) is 9.82. The molecule has 1 unspecified atom stereocenters. The number of aromatic nitrogens is 1. The van der Waals surface area contributed by atoms with E-state index in [0.29, 0.717) is 33.5 Å². The normalized spacial score (nSPS) is 14.7. The van der Waals surface area contributed by atoms with Crippen LogP contribution in [-0.2, 0) is 26.9 Å². The van der Waals surface area contributed by atoms with Gasteiger partial charge in [0.15, 0.2) is 11.5 Å². The Morgan fingerprint density at radius 3 is 2.52 bits per heavy atom. The lowest BCUT2D eigenvalue weighted by molar-refractivity contribution is -0.161. The van der Waals surface area contributed by atoms with E-state index in [1.807, 2.05) is 0 Å². The summed E-state index contributed by atoms with van der Waals surface area (Å²) < 4.78 is 23.3. The zero-order valence-electron chi connectivity index (χ0n) is 19.3. The smallest absolute Gasteiger partial charge is 0.347 e. The number of fused-ring (bicyclic) bond motifs is 2. The third-order valence-corrected chi connectivity index (χ3v) is 5.38. The van der Waals surface area contributed by atoms with Gasteiger partial charge in [-0.25, -0.2) is 9.59 Å². The highest BCUT2D eigenvalue weighted by atomic mass is 16.7. The molecule has 1 aliphatic rings. The van der Waals surface area contributed by atoms with Gasteiger partial charge in [0.05, 0.1) is 12.2 Å². The van der Waals surface area contributed by atoms with Crippen LogP contribution in [0, 0.1) is 0 Å². The molecule has 0 saturated heterocycles. The molecule has 2 aromatic carbocycles. The minimum absolute atomic E-state index is 0.0678. The first-order valence-corrected chi connectivity index (χ1v) is 10.7. The molecule has 1 aliphatic heterocycles. The molecule has 0 radical (unpaired) electrons. The van der Waals surface area contributed by atoms with E-state index in [0.717, 1.165) is 0 Å². The molecule has 4 rings (SSSR count). The largest absolute Gasteiger partial charge is 0.463 e. The summed E-state index contributed by atoms with van der Waals surface area (Å²) in [5.41, 5.74) is -1.11. The van der Waals surface area contributed by atoms with E-state index < -0.39 is 23.1 Å². The summed E-state index contributed by atoms with van der Waals surface area (Å²) in [4.78, 5) is 25.7. The summed E-state index contributed by atoms with van der Waals surface area (Å²) in [6.07, 6.45) is 1.66. The number of carbonyl (C=O) groups excluding carboxylic acids is 2. The Morgan fingerprint density at radius 1 is 1.09 bits per heavy atom. The van der Waals surface area contributed by atoms with Crippen molar-refractivity contribution >= 4 is 22.8 Å². The first kappa shape index (κ1) is 22.7. The summed E-state index contributed by atoms with van der Waals surface area (Å²) in [6.45, 7) is 7.24. The van der Waals surface area contributed by atoms with E-state index >= 15 is 0 Å². The van der Waals surface area contributed by atoms with Crippen molar-refractivity contribution in [3.63, 3.8) is 0 Å². The third-order valence-electron chi connectivity index (χ3n) is 5.38. The van der Waals surface area contributed by atoms with Gasteiger partial charge in [-0.3, -0.25) is 0 Å². The fraction of sp³-hybridized carbons (Fsp3) is 0.360. The maximum atomic E-state index is 13.1. The molecule has 1 atom stereocenters. The number of nitrogens with zero attached hydrogens (tertiary/aromatic N) is 1. The Balaban J connectivity index is 1.86. The lowest BCUT2D eigenvalue weighted by Crippen LogP contribution is -2.38. The number of esters is 2. The zero-order chi connectivity index (χ0) is 24.0. The quantitative estimate of drug-likeness (QED) is 0.589. The van der Waals surface area contributed by atoms with Gasteiger partial charge in [0.2, 0.25) is 12.4 Å². The predicted molar refractivity (Wildman–Crippen MR) is 120 cm³/mol. The van der Waals surface area contributed by atoms with Crippen LogP contribution >= 0.6 is 0 Å². The van der Waals surface area contributed by atoms with Crippen LogP contribution in [0.3, 0.4) is 0 Å². The van der Waals surface area contributed by atoms with Gasteiger partial charge in [-0.2, -0.15) is 0 Å². The number of aliphatic hydroxyl groups is 1. The molecule has 1 aromatic heterocycles. The van der Waals surface area contributed by atoms with E-state index in [1.165, 1.54) is 0 Å². The van der Waals surface area contributed by atoms with Gasteiger partial charge < -0.3 is 28.6 Å². The number of hydrogen-bond acceptors (Lipinski definition) is 7. The number of carbonyl (C=O) groups is 2. The Bertz CT molecular complexity index is 1240. The fourth-order valence-electron chi connectivity index (χ4n) is 3.88. The second-order valence-corrected chi connectivity index (χ2v) is 8.89. The lowest BCUT2D eigenvalue weighted by Gasteiger charge is -2.26. The van der Waals surface area contributed by atoms with Crippen molar-refractivity contribution in [2.24, 2.45) is 7.05 Å². The Labute approximate surface area is 191 Å². The highest BCUT2D eigenvalue weighted by Gasteiger charge is 2.44. The molecule has 0 saturated carbocycles. The Hall–Kier alpha value is -3.52. The van der Waals surface area contributed by atoms with Gasteiger partial charge in [-0.05, 0) is 52.0 Å². The standard InChI is InChI=1S/C25H27NO7/c1-6-30-23(28)25(29,16-8-10-20-21(12-16)32-14-31-20)18-13-26(5)19-11-15(7-9-17(18)19)22(27)33-24(2,3)4/h7-13,29H,6,14H2,1-5H3. The fourth-order valence-corrected chi connectivity index (χ4v) is 3.88. The van der Waals surface area contributed by atoms with Crippen LogP contribution < -0.4 is 9.47 Å². The van der Waals surface area contributed by atoms with Gasteiger partial charge in [-0.1, -0.05) is 12.1 Å². The molecular formula is C25H27NO7. The van der Waals surface area contributed by atoms with Crippen LogP contribution in [0.15, 0.2) is 42.6 Å². The van der Waals surface area contributed by atoms with Gasteiger partial charge in [-0.15, -0.1) is 0 Å². The van der Waals surface area contributed by atoms with Crippen molar-refractivity contribution in [3.05, 3.63) is 59.3 Å². The second kappa shape index (κ2) is 8.12. The average molecular weight is 453 g/mol. The number of rotatable bonds is 5. The van der Waals surface area contributed by atoms with Crippen molar-refractivity contribution in [1.82, 2.24) is 4.57 Å². The molecule has 8 heteroatoms. The summed E-state index contributed by atoms with van der Waals surface area (Å²) in [7, 11) is 1.77. The van der Waals surface area contributed by atoms with Crippen LogP contribution in [0.5, 0.6) is 11.5 Å². The van der Waals surface area contributed by atoms with Crippen LogP contribution in [0.4, 0.5) is 0 Å². The Morgan fingerprint density at radius 2 is 1.82 bits per heavy atom. The second-order valence-electron chi connectivity index (χ2n) is 8.89. The van der Waals surface area contributed by atoms with E-state index in [9.17, 15) is 14.7 Å². The maximum absolute atomic E-state index is 13.1. The van der Waals surface area contributed by atoms with Gasteiger partial charge in [0, 0.05) is 35.3 Å². The predicted octanol–water partition coefficient (Wildman–Crippen LogP) is 3.66. The summed E-state index contributed by atoms with van der Waals surface area (Å²) >= 11 is 0. The number of hydrogen-bond donors (Lipinski definition) is 1. The molecule has 174 valence electrons. The minimum Gasteiger partial charge on any atom is -0.463 e. The van der Waals surface area contributed by atoms with Crippen LogP contribution in [0.1, 0.15) is 49.2 Å². The summed E-state index contributed by atoms with van der Waals surface area (Å²) in [5, 5.41) is 12.4. The van der Waals surface area contributed by atoms with Crippen molar-refractivity contribution in [2.75, 3.05) is 13.4 Å². The van der Waals surface area contributed by atoms with Crippen molar-refractivity contribution in [3.8, 4) is 11.5 Å². The monoisotopic (exact) mass is 453 g/mol. The van der Waals surface area contributed by atoms with E-state index in [1.54, 1.807) is 81.9 Å². The topological polar surface area (TPSA) is 96.2 Å². The zero-order valence-corrected chi connectivity index (χ0v) is 19.3. The van der Waals surface area contributed by atoms with Crippen LogP contribution in [-0.4, -0.2) is 40.6 Å². The first-order valence-electron chi connectivity index (χ1n) is 10.7. The summed E-state index contributed by atoms with van der Waals surface area (Å²) in [5.74, 6) is -0.302. The molecule has 0 spiro atoms. The third kappa shape index (κ3) is 4.02. The molecule has 8 nitrogen and oxygen atoms in total. The van der Waals surface area contributed by atoms with E-state index in [2.05, 4.69) is 0 Å². The number of aryl methyl sites for hydroxylation is 1. The molecule has 33 heavy (non-hydrogen) atoms. The van der Waals surface area contributed by atoms with Gasteiger partial charge >= 0.3 is 11.9 Å². The van der Waals surface area contributed by atoms with E-state index in [4.69, 9.17) is 18.9 Å². The molecule has 2 heterocycles. The minimum atomic E-state index is -2.11. The van der Waals surface area contributed by atoms with E-state index in [-0.39, 0.29) is 19.0 Å². The number of benzene rings is 2. The van der Waals surface area contributed by atoms with Crippen molar-refractivity contribution < 1.29 is 33.6 Å². The number of ether oxygens (including phenoxy) is 4. The van der Waals surface area contributed by atoms with Gasteiger partial charge in [0.25, 0.3) is 0 Å². The average Bonchev–Trinajstić information content (AvgIpc) is 3.36. The van der Waals surface area contributed by atoms with Crippen molar-refractivity contribution in [1.29, 1.82) is 0 Å². The highest BCUT2D eigenvalue weighted by Crippen LogP contribution is 2.41. The highest BCUT2D eigenvalue weighted by molar-refractivity contribution is 5.99. The SMILES string of the molecule is CCOC(=O)C(O)(c1ccc2c(c1)OCO2)c1cn(C)c2cc(C(=O)OC(C)(C)C)ccc12. The first-order chi connectivity index (χ1) is 15.5. The van der Waals surface area contributed by atoms with Crippen LogP contribution in [0.2, 0.25) is 0 Å². The maximum Gasteiger partial charge on any atom is 0.347 e. The van der Waals surface area contributed by atoms with Crippen LogP contribution in [0.25, 0.3) is 10.9 Å².